The van der Waals surface area contributed by atoms with Crippen LogP contribution in [0.15, 0.2) is 18.2 Å². The van der Waals surface area contributed by atoms with E-state index in [-0.39, 0.29) is 12.8 Å². The lowest BCUT2D eigenvalue weighted by Gasteiger charge is -2.11. The average Bonchev–Trinajstić information content (AvgIpc) is 2.39. The number of hydrogen-bond donors (Lipinski definition) is 0. The summed E-state index contributed by atoms with van der Waals surface area (Å²) in [5.41, 5.74) is 2.93. The zero-order chi connectivity index (χ0) is 11.6. The number of fused-ring (bicyclic) bond motifs is 1. The third-order valence-electron chi connectivity index (χ3n) is 3.07. The van der Waals surface area contributed by atoms with Gasteiger partial charge in [0, 0.05) is 12.8 Å². The molecule has 3 heteroatoms. The van der Waals surface area contributed by atoms with Crippen LogP contribution in [0, 0.1) is 11.3 Å². The molecule has 84 valence electrons. The third-order valence-corrected chi connectivity index (χ3v) is 3.07. The minimum atomic E-state index is -2.53. The first-order chi connectivity index (χ1) is 7.61. The molecule has 0 heterocycles. The van der Waals surface area contributed by atoms with Gasteiger partial charge in [-0.05, 0) is 29.5 Å². The predicted octanol–water partition coefficient (Wildman–Crippen LogP) is 3.27. The summed E-state index contributed by atoms with van der Waals surface area (Å²) in [4.78, 5) is 0. The third kappa shape index (κ3) is 2.38. The van der Waals surface area contributed by atoms with Crippen LogP contribution in [0.4, 0.5) is 8.78 Å². The Morgan fingerprint density at radius 1 is 1.19 bits per heavy atom. The van der Waals surface area contributed by atoms with Gasteiger partial charge in [-0.25, -0.2) is 8.78 Å². The molecule has 0 radical (unpaired) electrons. The molecule has 0 atom stereocenters. The summed E-state index contributed by atoms with van der Waals surface area (Å²) in [7, 11) is 0. The first-order valence-electron chi connectivity index (χ1n) is 5.46. The molecule has 0 saturated heterocycles. The lowest BCUT2D eigenvalue weighted by atomic mass is 9.99. The van der Waals surface area contributed by atoms with Gasteiger partial charge < -0.3 is 0 Å². The summed E-state index contributed by atoms with van der Waals surface area (Å²) >= 11 is 0. The van der Waals surface area contributed by atoms with Crippen molar-refractivity contribution in [1.29, 1.82) is 5.26 Å². The number of halogens is 2. The Hall–Kier alpha value is -1.43. The molecule has 1 aliphatic carbocycles. The van der Waals surface area contributed by atoms with Crippen molar-refractivity contribution in [2.24, 2.45) is 0 Å². The SMILES string of the molecule is N#CCc1ccc2c(c1)CCC(F)(F)CC2. The topological polar surface area (TPSA) is 23.8 Å². The highest BCUT2D eigenvalue weighted by Gasteiger charge is 2.31. The van der Waals surface area contributed by atoms with Crippen molar-refractivity contribution in [3.63, 3.8) is 0 Å². The van der Waals surface area contributed by atoms with Crippen LogP contribution >= 0.6 is 0 Å². The molecule has 0 amide bonds. The highest BCUT2D eigenvalue weighted by Crippen LogP contribution is 2.32. The monoisotopic (exact) mass is 221 g/mol. The van der Waals surface area contributed by atoms with Crippen molar-refractivity contribution >= 4 is 0 Å². The smallest absolute Gasteiger partial charge is 0.207 e. The van der Waals surface area contributed by atoms with Gasteiger partial charge in [-0.1, -0.05) is 18.2 Å². The number of nitrogens with zero attached hydrogens (tertiary/aromatic N) is 1. The van der Waals surface area contributed by atoms with Crippen LogP contribution in [0.3, 0.4) is 0 Å². The number of nitriles is 1. The fourth-order valence-corrected chi connectivity index (χ4v) is 2.12. The highest BCUT2D eigenvalue weighted by atomic mass is 19.3. The van der Waals surface area contributed by atoms with E-state index in [1.54, 1.807) is 0 Å². The van der Waals surface area contributed by atoms with E-state index < -0.39 is 5.92 Å². The maximum Gasteiger partial charge on any atom is 0.248 e. The molecule has 0 saturated carbocycles. The summed E-state index contributed by atoms with van der Waals surface area (Å²) in [5, 5.41) is 8.59. The van der Waals surface area contributed by atoms with Gasteiger partial charge in [-0.2, -0.15) is 5.26 Å². The first kappa shape index (κ1) is 11.1. The van der Waals surface area contributed by atoms with Gasteiger partial charge in [0.1, 0.15) is 0 Å². The van der Waals surface area contributed by atoms with E-state index in [1.807, 2.05) is 18.2 Å². The van der Waals surface area contributed by atoms with Gasteiger partial charge in [0.25, 0.3) is 0 Å². The zero-order valence-corrected chi connectivity index (χ0v) is 8.97. The minimum absolute atomic E-state index is 0.0579. The fourth-order valence-electron chi connectivity index (χ4n) is 2.12. The summed E-state index contributed by atoms with van der Waals surface area (Å²) in [5.74, 6) is -2.53. The van der Waals surface area contributed by atoms with E-state index >= 15 is 0 Å². The lowest BCUT2D eigenvalue weighted by Crippen LogP contribution is -2.15. The predicted molar refractivity (Wildman–Crippen MR) is 57.3 cm³/mol. The van der Waals surface area contributed by atoms with E-state index in [9.17, 15) is 8.78 Å². The maximum atomic E-state index is 13.2. The lowest BCUT2D eigenvalue weighted by molar-refractivity contribution is -0.0130. The maximum absolute atomic E-state index is 13.2. The Balaban J connectivity index is 2.26. The van der Waals surface area contributed by atoms with Crippen molar-refractivity contribution in [2.45, 2.75) is 38.0 Å². The molecular formula is C13H13F2N. The molecule has 0 N–H and O–H groups in total. The van der Waals surface area contributed by atoms with Crippen LogP contribution in [-0.2, 0) is 19.3 Å². The molecule has 0 aliphatic heterocycles. The van der Waals surface area contributed by atoms with Gasteiger partial charge in [0.05, 0.1) is 12.5 Å². The molecular weight excluding hydrogens is 208 g/mol. The highest BCUT2D eigenvalue weighted by molar-refractivity contribution is 5.34. The van der Waals surface area contributed by atoms with E-state index in [4.69, 9.17) is 5.26 Å². The number of alkyl halides is 2. The summed E-state index contributed by atoms with van der Waals surface area (Å²) in [6, 6.07) is 7.74. The van der Waals surface area contributed by atoms with Crippen LogP contribution in [0.5, 0.6) is 0 Å². The fraction of sp³-hybridized carbons (Fsp3) is 0.462. The number of aryl methyl sites for hydroxylation is 2. The Morgan fingerprint density at radius 2 is 1.88 bits per heavy atom. The van der Waals surface area contributed by atoms with Crippen molar-refractivity contribution in [2.75, 3.05) is 0 Å². The summed E-state index contributed by atoms with van der Waals surface area (Å²) in [6.45, 7) is 0. The van der Waals surface area contributed by atoms with E-state index in [2.05, 4.69) is 6.07 Å². The van der Waals surface area contributed by atoms with Gasteiger partial charge >= 0.3 is 0 Å². The van der Waals surface area contributed by atoms with Crippen molar-refractivity contribution < 1.29 is 8.78 Å². The molecule has 0 bridgehead atoms. The molecule has 0 spiro atoms. The minimum Gasteiger partial charge on any atom is -0.207 e. The van der Waals surface area contributed by atoms with Crippen molar-refractivity contribution in [1.82, 2.24) is 0 Å². The molecule has 1 aromatic carbocycles. The van der Waals surface area contributed by atoms with Gasteiger partial charge in [0.15, 0.2) is 0 Å². The number of hydrogen-bond acceptors (Lipinski definition) is 1. The van der Waals surface area contributed by atoms with Crippen molar-refractivity contribution in [3.8, 4) is 6.07 Å². The van der Waals surface area contributed by atoms with E-state index in [0.717, 1.165) is 16.7 Å². The molecule has 0 fully saturated rings. The molecule has 1 aromatic rings. The second-order valence-electron chi connectivity index (χ2n) is 4.29. The Bertz CT molecular complexity index is 432. The standard InChI is InChI=1S/C13H13F2N/c14-13(15)6-3-11-2-1-10(5-8-16)9-12(11)4-7-13/h1-2,9H,3-7H2. The quantitative estimate of drug-likeness (QED) is 0.668. The van der Waals surface area contributed by atoms with Crippen LogP contribution in [0.25, 0.3) is 0 Å². The van der Waals surface area contributed by atoms with Gasteiger partial charge in [-0.15, -0.1) is 0 Å². The molecule has 0 unspecified atom stereocenters. The molecule has 2 rings (SSSR count). The molecule has 16 heavy (non-hydrogen) atoms. The zero-order valence-electron chi connectivity index (χ0n) is 8.97. The normalized spacial score (nSPS) is 18.3. The summed E-state index contributed by atoms with van der Waals surface area (Å²) in [6.07, 6.45) is 1.08. The molecule has 1 nitrogen and oxygen atoms in total. The second-order valence-corrected chi connectivity index (χ2v) is 4.29. The van der Waals surface area contributed by atoms with E-state index in [0.29, 0.717) is 19.3 Å². The summed E-state index contributed by atoms with van der Waals surface area (Å²) < 4.78 is 26.5. The molecule has 1 aliphatic rings. The van der Waals surface area contributed by atoms with Crippen LogP contribution < -0.4 is 0 Å². The second kappa shape index (κ2) is 4.21. The Kier molecular flexibility index (Phi) is 2.91. The van der Waals surface area contributed by atoms with Crippen LogP contribution in [0.2, 0.25) is 0 Å². The molecule has 0 aromatic heterocycles. The van der Waals surface area contributed by atoms with E-state index in [1.165, 1.54) is 0 Å². The van der Waals surface area contributed by atoms with Gasteiger partial charge in [0.2, 0.25) is 5.92 Å². The Labute approximate surface area is 93.7 Å². The van der Waals surface area contributed by atoms with Gasteiger partial charge in [-0.3, -0.25) is 0 Å². The van der Waals surface area contributed by atoms with Crippen molar-refractivity contribution in [3.05, 3.63) is 34.9 Å². The van der Waals surface area contributed by atoms with Crippen LogP contribution in [0.1, 0.15) is 29.5 Å². The van der Waals surface area contributed by atoms with Crippen LogP contribution in [-0.4, -0.2) is 5.92 Å². The average molecular weight is 221 g/mol. The Morgan fingerprint density at radius 3 is 2.56 bits per heavy atom. The number of rotatable bonds is 1. The first-order valence-corrected chi connectivity index (χ1v) is 5.46. The largest absolute Gasteiger partial charge is 0.248 e. The number of benzene rings is 1.